The van der Waals surface area contributed by atoms with Gasteiger partial charge in [0.15, 0.2) is 0 Å². The van der Waals surface area contributed by atoms with Crippen LogP contribution in [0.5, 0.6) is 0 Å². The molecule has 0 amide bonds. The first-order valence-electron chi connectivity index (χ1n) is 12.5. The van der Waals surface area contributed by atoms with Gasteiger partial charge >= 0.3 is 10.1 Å². The average Bonchev–Trinajstić information content (AvgIpc) is 3.21. The molecule has 2 rings (SSSR count). The fraction of sp³-hybridized carbons (Fsp3) is 0.720. The number of unbranched alkanes of at least 4 members (excludes halogenated alkanes) is 15. The Morgan fingerprint density at radius 2 is 1.23 bits per heavy atom. The van der Waals surface area contributed by atoms with Gasteiger partial charge in [-0.25, -0.2) is 4.98 Å². The minimum atomic E-state index is -3.81. The Hall–Kier alpha value is -1.40. The van der Waals surface area contributed by atoms with Crippen LogP contribution in [-0.2, 0) is 14.3 Å². The molecule has 0 bridgehead atoms. The van der Waals surface area contributed by atoms with Gasteiger partial charge in [0, 0.05) is 0 Å². The monoisotopic (exact) mass is 450 g/mol. The van der Waals surface area contributed by atoms with Crippen molar-refractivity contribution in [1.82, 2.24) is 9.97 Å². The van der Waals surface area contributed by atoms with E-state index in [0.29, 0.717) is 11.0 Å². The summed E-state index contributed by atoms with van der Waals surface area (Å²) in [5.41, 5.74) is 1.33. The van der Waals surface area contributed by atoms with Gasteiger partial charge in [-0.1, -0.05) is 115 Å². The van der Waals surface area contributed by atoms with Crippen LogP contribution < -0.4 is 0 Å². The molecule has 0 atom stereocenters. The summed E-state index contributed by atoms with van der Waals surface area (Å²) < 4.78 is 29.6. The summed E-state index contributed by atoms with van der Waals surface area (Å²) in [5, 5.41) is -0.106. The topological polar surface area (TPSA) is 72.1 Å². The Morgan fingerprint density at radius 1 is 0.742 bits per heavy atom. The number of nitrogens with one attached hydrogen (secondary N) is 1. The van der Waals surface area contributed by atoms with Gasteiger partial charge in [0.25, 0.3) is 5.16 Å². The number of aromatic nitrogens is 2. The molecule has 0 unspecified atom stereocenters. The molecule has 1 aromatic heterocycles. The Bertz CT molecular complexity index is 784. The molecule has 0 spiro atoms. The number of rotatable bonds is 19. The Kier molecular flexibility index (Phi) is 12.9. The predicted molar refractivity (Wildman–Crippen MR) is 129 cm³/mol. The van der Waals surface area contributed by atoms with Crippen molar-refractivity contribution in [2.45, 2.75) is 115 Å². The van der Waals surface area contributed by atoms with Crippen molar-refractivity contribution < 1.29 is 12.6 Å². The molecule has 0 saturated carbocycles. The van der Waals surface area contributed by atoms with E-state index in [1.165, 1.54) is 83.5 Å². The summed E-state index contributed by atoms with van der Waals surface area (Å²) in [5.74, 6) is 0. The third-order valence-electron chi connectivity index (χ3n) is 5.84. The molecular formula is C25H42N2O3S. The molecular weight excluding hydrogens is 408 g/mol. The molecule has 0 radical (unpaired) electrons. The van der Waals surface area contributed by atoms with Gasteiger partial charge in [-0.15, -0.1) is 0 Å². The largest absolute Gasteiger partial charge is 0.331 e. The van der Waals surface area contributed by atoms with E-state index in [4.69, 9.17) is 4.18 Å². The fourth-order valence-corrected chi connectivity index (χ4v) is 4.82. The van der Waals surface area contributed by atoms with Crippen molar-refractivity contribution in [1.29, 1.82) is 0 Å². The maximum absolute atomic E-state index is 12.2. The van der Waals surface area contributed by atoms with Crippen LogP contribution in [0.25, 0.3) is 11.0 Å². The smallest absolute Gasteiger partial charge is 0.327 e. The molecule has 31 heavy (non-hydrogen) atoms. The van der Waals surface area contributed by atoms with Gasteiger partial charge < -0.3 is 4.98 Å². The summed E-state index contributed by atoms with van der Waals surface area (Å²) in [7, 11) is -3.81. The molecule has 1 heterocycles. The second-order valence-corrected chi connectivity index (χ2v) is 10.2. The van der Waals surface area contributed by atoms with Crippen LogP contribution in [0.1, 0.15) is 110 Å². The van der Waals surface area contributed by atoms with Gasteiger partial charge in [-0.3, -0.25) is 4.18 Å². The molecule has 0 aliphatic carbocycles. The van der Waals surface area contributed by atoms with Gasteiger partial charge in [-0.2, -0.15) is 8.42 Å². The molecule has 0 fully saturated rings. The lowest BCUT2D eigenvalue weighted by Gasteiger charge is -2.04. The zero-order valence-electron chi connectivity index (χ0n) is 19.4. The number of hydrogen-bond acceptors (Lipinski definition) is 4. The third kappa shape index (κ3) is 10.6. The number of benzene rings is 1. The summed E-state index contributed by atoms with van der Waals surface area (Å²) >= 11 is 0. The molecule has 176 valence electrons. The zero-order valence-corrected chi connectivity index (χ0v) is 20.2. The van der Waals surface area contributed by atoms with E-state index in [-0.39, 0.29) is 11.8 Å². The van der Waals surface area contributed by atoms with Crippen LogP contribution in [0.3, 0.4) is 0 Å². The van der Waals surface area contributed by atoms with E-state index >= 15 is 0 Å². The van der Waals surface area contributed by atoms with E-state index < -0.39 is 10.1 Å². The molecule has 6 heteroatoms. The SMILES string of the molecule is CCCCCCCCCCCCCCCCCCOS(=O)(=O)c1nc2ccccc2[nH]1. The van der Waals surface area contributed by atoms with E-state index in [9.17, 15) is 8.42 Å². The first-order chi connectivity index (χ1) is 15.1. The van der Waals surface area contributed by atoms with Crippen LogP contribution in [0, 0.1) is 0 Å². The highest BCUT2D eigenvalue weighted by Crippen LogP contribution is 2.17. The average molecular weight is 451 g/mol. The van der Waals surface area contributed by atoms with E-state index in [2.05, 4.69) is 16.9 Å². The lowest BCUT2D eigenvalue weighted by molar-refractivity contribution is 0.303. The molecule has 2 aromatic rings. The van der Waals surface area contributed by atoms with Crippen molar-refractivity contribution in [3.63, 3.8) is 0 Å². The first kappa shape index (κ1) is 25.9. The Balaban J connectivity index is 1.39. The minimum Gasteiger partial charge on any atom is -0.327 e. The molecule has 1 aromatic carbocycles. The summed E-state index contributed by atoms with van der Waals surface area (Å²) in [6.07, 6.45) is 20.7. The highest BCUT2D eigenvalue weighted by molar-refractivity contribution is 7.86. The third-order valence-corrected chi connectivity index (χ3v) is 6.98. The quantitative estimate of drug-likeness (QED) is 0.177. The standard InChI is InChI=1S/C25H42N2O3S/c1-2-3-4-5-6-7-8-9-10-11-12-13-14-15-16-19-22-30-31(28,29)25-26-23-20-17-18-21-24(23)27-25/h17-18,20-21H,2-16,19,22H2,1H3,(H,26,27). The maximum Gasteiger partial charge on any atom is 0.331 e. The normalized spacial score (nSPS) is 12.0. The minimum absolute atomic E-state index is 0.106. The Labute approximate surface area is 189 Å². The number of imidazole rings is 1. The van der Waals surface area contributed by atoms with Crippen molar-refractivity contribution in [3.8, 4) is 0 Å². The number of aromatic amines is 1. The maximum atomic E-state index is 12.2. The number of hydrogen-bond donors (Lipinski definition) is 1. The van der Waals surface area contributed by atoms with Crippen molar-refractivity contribution in [3.05, 3.63) is 24.3 Å². The molecule has 0 saturated heterocycles. The van der Waals surface area contributed by atoms with Gasteiger partial charge in [0.2, 0.25) is 0 Å². The molecule has 1 N–H and O–H groups in total. The summed E-state index contributed by atoms with van der Waals surface area (Å²) in [4.78, 5) is 6.93. The van der Waals surface area contributed by atoms with Crippen molar-refractivity contribution >= 4 is 21.2 Å². The lowest BCUT2D eigenvalue weighted by Crippen LogP contribution is -2.09. The van der Waals surface area contributed by atoms with Crippen LogP contribution in [0.15, 0.2) is 29.4 Å². The van der Waals surface area contributed by atoms with Gasteiger partial charge in [0.1, 0.15) is 0 Å². The van der Waals surface area contributed by atoms with Gasteiger partial charge in [-0.05, 0) is 18.6 Å². The van der Waals surface area contributed by atoms with E-state index in [1.54, 1.807) is 12.1 Å². The van der Waals surface area contributed by atoms with Crippen molar-refractivity contribution in [2.24, 2.45) is 0 Å². The fourth-order valence-electron chi connectivity index (χ4n) is 3.92. The second-order valence-electron chi connectivity index (χ2n) is 8.64. The van der Waals surface area contributed by atoms with Gasteiger partial charge in [0.05, 0.1) is 17.6 Å². The first-order valence-corrected chi connectivity index (χ1v) is 13.9. The van der Waals surface area contributed by atoms with E-state index in [1.807, 2.05) is 12.1 Å². The zero-order chi connectivity index (χ0) is 22.2. The highest BCUT2D eigenvalue weighted by Gasteiger charge is 2.19. The number of fused-ring (bicyclic) bond motifs is 1. The van der Waals surface area contributed by atoms with Crippen molar-refractivity contribution in [2.75, 3.05) is 6.61 Å². The number of H-pyrrole nitrogens is 1. The highest BCUT2D eigenvalue weighted by atomic mass is 32.2. The summed E-state index contributed by atoms with van der Waals surface area (Å²) in [6, 6.07) is 7.25. The lowest BCUT2D eigenvalue weighted by atomic mass is 10.0. The molecule has 0 aliphatic heterocycles. The molecule has 5 nitrogen and oxygen atoms in total. The summed E-state index contributed by atoms with van der Waals surface area (Å²) in [6.45, 7) is 2.49. The number of para-hydroxylation sites is 2. The van der Waals surface area contributed by atoms with Crippen LogP contribution in [0.4, 0.5) is 0 Å². The molecule has 0 aliphatic rings. The van der Waals surface area contributed by atoms with Crippen LogP contribution >= 0.6 is 0 Å². The van der Waals surface area contributed by atoms with E-state index in [0.717, 1.165) is 19.3 Å². The second kappa shape index (κ2) is 15.4. The number of nitrogens with zero attached hydrogens (tertiary/aromatic N) is 1. The Morgan fingerprint density at radius 3 is 1.74 bits per heavy atom. The predicted octanol–water partition coefficient (Wildman–Crippen LogP) is 7.53. The van der Waals surface area contributed by atoms with Crippen LogP contribution in [0.2, 0.25) is 0 Å². The van der Waals surface area contributed by atoms with Crippen LogP contribution in [-0.4, -0.2) is 25.0 Å².